The summed E-state index contributed by atoms with van der Waals surface area (Å²) in [6.45, 7) is 1.57. The van der Waals surface area contributed by atoms with Crippen molar-refractivity contribution in [2.75, 3.05) is 12.4 Å². The van der Waals surface area contributed by atoms with Gasteiger partial charge in [0.2, 0.25) is 0 Å². The summed E-state index contributed by atoms with van der Waals surface area (Å²) < 4.78 is 42.0. The Morgan fingerprint density at radius 1 is 1.04 bits per heavy atom. The Morgan fingerprint density at radius 2 is 1.70 bits per heavy atom. The maximum Gasteiger partial charge on any atom is 0.471 e. The van der Waals surface area contributed by atoms with Gasteiger partial charge in [-0.05, 0) is 48.9 Å². The van der Waals surface area contributed by atoms with Gasteiger partial charge in [-0.1, -0.05) is 12.1 Å². The molecule has 6 nitrogen and oxygen atoms in total. The molecule has 9 heteroatoms. The highest BCUT2D eigenvalue weighted by molar-refractivity contribution is 6.02. The maximum atomic E-state index is 12.3. The van der Waals surface area contributed by atoms with Crippen molar-refractivity contribution in [1.82, 2.24) is 5.43 Å². The first-order valence-electron chi connectivity index (χ1n) is 7.68. The fourth-order valence-electron chi connectivity index (χ4n) is 2.03. The quantitative estimate of drug-likeness (QED) is 0.618. The number of halogens is 3. The van der Waals surface area contributed by atoms with Crippen LogP contribution >= 0.6 is 0 Å². The van der Waals surface area contributed by atoms with Gasteiger partial charge < -0.3 is 10.1 Å². The number of carbonyl (C=O) groups is 2. The molecule has 0 heterocycles. The van der Waals surface area contributed by atoms with E-state index in [4.69, 9.17) is 4.74 Å². The molecule has 2 aromatic rings. The van der Waals surface area contributed by atoms with Gasteiger partial charge in [0, 0.05) is 11.3 Å². The Kier molecular flexibility index (Phi) is 6.17. The highest BCUT2D eigenvalue weighted by Crippen LogP contribution is 2.19. The predicted molar refractivity (Wildman–Crippen MR) is 93.8 cm³/mol. The molecule has 0 aliphatic rings. The Hall–Kier alpha value is -3.36. The van der Waals surface area contributed by atoms with Crippen molar-refractivity contribution in [2.45, 2.75) is 13.1 Å². The second-order valence-electron chi connectivity index (χ2n) is 5.40. The standard InChI is InChI=1S/C18H16F3N3O3/c1-11(23-24-16(25)12-6-8-15(27-2)9-7-12)13-4-3-5-14(10-13)22-17(26)18(19,20)21/h3-10H,1-2H3,(H,22,26)(H,24,25)/b23-11-. The fraction of sp³-hybridized carbons (Fsp3) is 0.167. The van der Waals surface area contributed by atoms with E-state index >= 15 is 0 Å². The van der Waals surface area contributed by atoms with Crippen LogP contribution in [0.1, 0.15) is 22.8 Å². The molecule has 142 valence electrons. The smallest absolute Gasteiger partial charge is 0.471 e. The Balaban J connectivity index is 2.07. The van der Waals surface area contributed by atoms with Gasteiger partial charge in [0.25, 0.3) is 5.91 Å². The van der Waals surface area contributed by atoms with Crippen LogP contribution in [0, 0.1) is 0 Å². The number of hydrogen-bond donors (Lipinski definition) is 2. The van der Waals surface area contributed by atoms with Crippen LogP contribution in [0.5, 0.6) is 5.75 Å². The Bertz CT molecular complexity index is 862. The number of nitrogens with zero attached hydrogens (tertiary/aromatic N) is 1. The fourth-order valence-corrected chi connectivity index (χ4v) is 2.03. The van der Waals surface area contributed by atoms with Crippen LogP contribution in [0.25, 0.3) is 0 Å². The molecule has 0 aliphatic carbocycles. The van der Waals surface area contributed by atoms with Crippen molar-refractivity contribution < 1.29 is 27.5 Å². The van der Waals surface area contributed by atoms with E-state index in [0.29, 0.717) is 22.6 Å². The average Bonchev–Trinajstić information content (AvgIpc) is 2.65. The summed E-state index contributed by atoms with van der Waals surface area (Å²) in [5.74, 6) is -1.93. The molecule has 2 N–H and O–H groups in total. The molecule has 0 saturated heterocycles. The molecule has 0 atom stereocenters. The van der Waals surface area contributed by atoms with Gasteiger partial charge in [-0.15, -0.1) is 0 Å². The third-order valence-corrected chi connectivity index (χ3v) is 3.47. The monoisotopic (exact) mass is 379 g/mol. The molecule has 0 aromatic heterocycles. The minimum absolute atomic E-state index is 0.0362. The van der Waals surface area contributed by atoms with Crippen molar-refractivity contribution in [3.63, 3.8) is 0 Å². The summed E-state index contributed by atoms with van der Waals surface area (Å²) in [7, 11) is 1.51. The zero-order valence-electron chi connectivity index (χ0n) is 14.4. The number of hydrazone groups is 1. The first kappa shape index (κ1) is 20.0. The van der Waals surface area contributed by atoms with Gasteiger partial charge in [0.15, 0.2) is 0 Å². The van der Waals surface area contributed by atoms with E-state index in [1.165, 1.54) is 25.3 Å². The van der Waals surface area contributed by atoms with Crippen molar-refractivity contribution in [3.8, 4) is 5.75 Å². The lowest BCUT2D eigenvalue weighted by Crippen LogP contribution is -2.29. The molecule has 2 rings (SSSR count). The molecule has 0 aliphatic heterocycles. The Morgan fingerprint density at radius 3 is 2.30 bits per heavy atom. The number of carbonyl (C=O) groups excluding carboxylic acids is 2. The number of alkyl halides is 3. The van der Waals surface area contributed by atoms with Gasteiger partial charge >= 0.3 is 12.1 Å². The predicted octanol–water partition coefficient (Wildman–Crippen LogP) is 3.35. The van der Waals surface area contributed by atoms with E-state index < -0.39 is 18.0 Å². The van der Waals surface area contributed by atoms with Gasteiger partial charge in [-0.3, -0.25) is 9.59 Å². The van der Waals surface area contributed by atoms with E-state index in [1.807, 2.05) is 0 Å². The molecule has 0 bridgehead atoms. The van der Waals surface area contributed by atoms with E-state index in [0.717, 1.165) is 0 Å². The minimum atomic E-state index is -4.98. The highest BCUT2D eigenvalue weighted by atomic mass is 19.4. The summed E-state index contributed by atoms with van der Waals surface area (Å²) in [6, 6.07) is 12.1. The number of amides is 2. The second-order valence-corrected chi connectivity index (χ2v) is 5.40. The van der Waals surface area contributed by atoms with Crippen LogP contribution in [-0.2, 0) is 4.79 Å². The van der Waals surface area contributed by atoms with E-state index in [9.17, 15) is 22.8 Å². The average molecular weight is 379 g/mol. The van der Waals surface area contributed by atoms with Crippen molar-refractivity contribution in [2.24, 2.45) is 5.10 Å². The van der Waals surface area contributed by atoms with Crippen molar-refractivity contribution in [1.29, 1.82) is 0 Å². The molecule has 27 heavy (non-hydrogen) atoms. The van der Waals surface area contributed by atoms with Crippen molar-refractivity contribution in [3.05, 3.63) is 59.7 Å². The molecule has 0 unspecified atom stereocenters. The topological polar surface area (TPSA) is 79.8 Å². The van der Waals surface area contributed by atoms with Gasteiger partial charge in [-0.2, -0.15) is 18.3 Å². The zero-order chi connectivity index (χ0) is 20.0. The molecule has 0 fully saturated rings. The number of rotatable bonds is 5. The van der Waals surface area contributed by atoms with Crippen LogP contribution in [0.4, 0.5) is 18.9 Å². The summed E-state index contributed by atoms with van der Waals surface area (Å²) in [4.78, 5) is 23.1. The number of ether oxygens (including phenoxy) is 1. The number of benzene rings is 2. The molecule has 0 saturated carbocycles. The summed E-state index contributed by atoms with van der Waals surface area (Å²) in [6.07, 6.45) is -4.98. The van der Waals surface area contributed by atoms with Crippen LogP contribution in [0.15, 0.2) is 53.6 Å². The van der Waals surface area contributed by atoms with Crippen LogP contribution in [0.2, 0.25) is 0 Å². The molecule has 0 radical (unpaired) electrons. The number of hydrogen-bond acceptors (Lipinski definition) is 4. The van der Waals surface area contributed by atoms with E-state index in [-0.39, 0.29) is 5.69 Å². The van der Waals surface area contributed by atoms with Crippen molar-refractivity contribution >= 4 is 23.2 Å². The normalized spacial score (nSPS) is 11.7. The molecular weight excluding hydrogens is 363 g/mol. The van der Waals surface area contributed by atoms with Gasteiger partial charge in [0.1, 0.15) is 5.75 Å². The van der Waals surface area contributed by atoms with E-state index in [2.05, 4.69) is 10.5 Å². The largest absolute Gasteiger partial charge is 0.497 e. The van der Waals surface area contributed by atoms with Gasteiger partial charge in [0.05, 0.1) is 12.8 Å². The SMILES string of the molecule is COc1ccc(C(=O)N/N=C(/C)c2cccc(NC(=O)C(F)(F)F)c2)cc1. The second kappa shape index (κ2) is 8.35. The minimum Gasteiger partial charge on any atom is -0.497 e. The lowest BCUT2D eigenvalue weighted by molar-refractivity contribution is -0.167. The first-order valence-corrected chi connectivity index (χ1v) is 7.68. The molecule has 2 aromatic carbocycles. The third-order valence-electron chi connectivity index (χ3n) is 3.47. The zero-order valence-corrected chi connectivity index (χ0v) is 14.4. The lowest BCUT2D eigenvalue weighted by atomic mass is 10.1. The number of anilines is 1. The molecule has 0 spiro atoms. The summed E-state index contributed by atoms with van der Waals surface area (Å²) in [5, 5.41) is 5.69. The van der Waals surface area contributed by atoms with Gasteiger partial charge in [-0.25, -0.2) is 5.43 Å². The number of nitrogens with one attached hydrogen (secondary N) is 2. The lowest BCUT2D eigenvalue weighted by Gasteiger charge is -2.09. The maximum absolute atomic E-state index is 12.3. The first-order chi connectivity index (χ1) is 12.7. The van der Waals surface area contributed by atoms with Crippen LogP contribution < -0.4 is 15.5 Å². The third kappa shape index (κ3) is 5.56. The summed E-state index contributed by atoms with van der Waals surface area (Å²) in [5.41, 5.74) is 3.47. The van der Waals surface area contributed by atoms with Crippen LogP contribution in [-0.4, -0.2) is 30.8 Å². The van der Waals surface area contributed by atoms with E-state index in [1.54, 1.807) is 42.6 Å². The molecular formula is C18H16F3N3O3. The highest BCUT2D eigenvalue weighted by Gasteiger charge is 2.38. The number of methoxy groups -OCH3 is 1. The Labute approximate surface area is 153 Å². The summed E-state index contributed by atoms with van der Waals surface area (Å²) >= 11 is 0. The van der Waals surface area contributed by atoms with Crippen LogP contribution in [0.3, 0.4) is 0 Å². The molecule has 2 amide bonds.